The first-order valence-electron chi connectivity index (χ1n) is 9.98. The van der Waals surface area contributed by atoms with Crippen LogP contribution < -0.4 is 14.8 Å². The molecule has 2 heterocycles. The van der Waals surface area contributed by atoms with Gasteiger partial charge in [0.15, 0.2) is 0 Å². The number of aromatic nitrogens is 4. The van der Waals surface area contributed by atoms with E-state index in [9.17, 15) is 13.2 Å². The van der Waals surface area contributed by atoms with Gasteiger partial charge in [-0.1, -0.05) is 13.8 Å². The topological polar surface area (TPSA) is 128 Å². The number of sulfonamides is 1. The Bertz CT molecular complexity index is 1270. The molecule has 32 heavy (non-hydrogen) atoms. The SMILES string of the molecule is CNC(=O)c1ccc(Oc2cc(C3CC3(C)C)nc(NS(=O)(=O)c3cnn(C)c3)n2)cc1. The van der Waals surface area contributed by atoms with E-state index in [4.69, 9.17) is 4.74 Å². The van der Waals surface area contributed by atoms with Gasteiger partial charge in [-0.05, 0) is 36.1 Å². The normalized spacial score (nSPS) is 16.9. The first kappa shape index (κ1) is 21.8. The smallest absolute Gasteiger partial charge is 0.267 e. The molecule has 168 valence electrons. The van der Waals surface area contributed by atoms with Gasteiger partial charge >= 0.3 is 0 Å². The molecule has 0 radical (unpaired) electrons. The van der Waals surface area contributed by atoms with Crippen molar-refractivity contribution in [1.29, 1.82) is 0 Å². The second-order valence-corrected chi connectivity index (χ2v) is 10.0. The summed E-state index contributed by atoms with van der Waals surface area (Å²) < 4.78 is 35.1. The zero-order valence-corrected chi connectivity index (χ0v) is 19.0. The van der Waals surface area contributed by atoms with Gasteiger partial charge in [0.05, 0.1) is 11.9 Å². The Morgan fingerprint density at radius 3 is 2.47 bits per heavy atom. The predicted molar refractivity (Wildman–Crippen MR) is 117 cm³/mol. The van der Waals surface area contributed by atoms with Crippen LogP contribution in [-0.4, -0.2) is 41.1 Å². The van der Waals surface area contributed by atoms with Gasteiger partial charge in [0.25, 0.3) is 15.9 Å². The van der Waals surface area contributed by atoms with E-state index in [1.807, 2.05) is 0 Å². The number of benzene rings is 1. The maximum Gasteiger partial charge on any atom is 0.267 e. The lowest BCUT2D eigenvalue weighted by Gasteiger charge is -2.11. The highest BCUT2D eigenvalue weighted by Gasteiger charge is 2.48. The number of carbonyl (C=O) groups is 1. The molecule has 1 aliphatic carbocycles. The van der Waals surface area contributed by atoms with Gasteiger partial charge in [0.1, 0.15) is 10.6 Å². The van der Waals surface area contributed by atoms with Crippen LogP contribution in [0.1, 0.15) is 42.2 Å². The fraction of sp³-hybridized carbons (Fsp3) is 0.333. The van der Waals surface area contributed by atoms with Crippen LogP contribution in [0.2, 0.25) is 0 Å². The Morgan fingerprint density at radius 2 is 1.91 bits per heavy atom. The number of nitrogens with zero attached hydrogens (tertiary/aromatic N) is 4. The Morgan fingerprint density at radius 1 is 1.22 bits per heavy atom. The number of amides is 1. The third kappa shape index (κ3) is 4.57. The van der Waals surface area contributed by atoms with Crippen LogP contribution in [0.5, 0.6) is 11.6 Å². The molecule has 1 fully saturated rings. The highest BCUT2D eigenvalue weighted by molar-refractivity contribution is 7.92. The summed E-state index contributed by atoms with van der Waals surface area (Å²) in [5, 5.41) is 6.46. The Hall–Kier alpha value is -3.47. The third-order valence-electron chi connectivity index (χ3n) is 5.38. The Balaban J connectivity index is 1.63. The molecular formula is C21H24N6O4S. The molecule has 11 heteroatoms. The molecule has 0 saturated heterocycles. The number of hydrogen-bond acceptors (Lipinski definition) is 7. The maximum absolute atomic E-state index is 12.7. The van der Waals surface area contributed by atoms with Crippen LogP contribution in [0.4, 0.5) is 5.95 Å². The van der Waals surface area contributed by atoms with E-state index in [1.54, 1.807) is 44.4 Å². The fourth-order valence-corrected chi connectivity index (χ4v) is 4.27. The van der Waals surface area contributed by atoms with Crippen molar-refractivity contribution in [2.75, 3.05) is 11.8 Å². The average Bonchev–Trinajstić information content (AvgIpc) is 3.14. The summed E-state index contributed by atoms with van der Waals surface area (Å²) in [7, 11) is -0.720. The molecule has 3 aromatic rings. The first-order valence-corrected chi connectivity index (χ1v) is 11.5. The summed E-state index contributed by atoms with van der Waals surface area (Å²) in [4.78, 5) is 20.4. The fourth-order valence-electron chi connectivity index (χ4n) is 3.35. The van der Waals surface area contributed by atoms with Gasteiger partial charge in [-0.2, -0.15) is 10.1 Å². The number of hydrogen-bond donors (Lipinski definition) is 2. The van der Waals surface area contributed by atoms with Crippen LogP contribution >= 0.6 is 0 Å². The molecule has 0 bridgehead atoms. The highest BCUT2D eigenvalue weighted by atomic mass is 32.2. The van der Waals surface area contributed by atoms with Crippen molar-refractivity contribution < 1.29 is 17.9 Å². The van der Waals surface area contributed by atoms with Gasteiger partial charge in [-0.15, -0.1) is 0 Å². The summed E-state index contributed by atoms with van der Waals surface area (Å²) in [6.07, 6.45) is 3.57. The van der Waals surface area contributed by atoms with Crippen LogP contribution in [-0.2, 0) is 17.1 Å². The zero-order chi connectivity index (χ0) is 23.1. The van der Waals surface area contributed by atoms with Crippen molar-refractivity contribution in [2.24, 2.45) is 12.5 Å². The molecule has 2 N–H and O–H groups in total. The summed E-state index contributed by atoms with van der Waals surface area (Å²) in [5.74, 6) is 0.549. The minimum atomic E-state index is -3.91. The first-order chi connectivity index (χ1) is 15.1. The van der Waals surface area contributed by atoms with E-state index in [-0.39, 0.29) is 34.0 Å². The van der Waals surface area contributed by atoms with Crippen molar-refractivity contribution in [3.8, 4) is 11.6 Å². The lowest BCUT2D eigenvalue weighted by atomic mass is 10.1. The lowest BCUT2D eigenvalue weighted by molar-refractivity contribution is 0.0963. The molecule has 2 aromatic heterocycles. The molecule has 1 atom stereocenters. The van der Waals surface area contributed by atoms with E-state index in [2.05, 4.69) is 39.0 Å². The molecule has 1 amide bonds. The lowest BCUT2D eigenvalue weighted by Crippen LogP contribution is -2.17. The van der Waals surface area contributed by atoms with E-state index < -0.39 is 10.0 Å². The van der Waals surface area contributed by atoms with Gasteiger partial charge in [-0.25, -0.2) is 18.1 Å². The van der Waals surface area contributed by atoms with Gasteiger partial charge in [-0.3, -0.25) is 9.48 Å². The Kier molecular flexibility index (Phi) is 5.37. The molecule has 10 nitrogen and oxygen atoms in total. The third-order valence-corrected chi connectivity index (χ3v) is 6.66. The van der Waals surface area contributed by atoms with E-state index >= 15 is 0 Å². The molecule has 1 unspecified atom stereocenters. The number of aryl methyl sites for hydroxylation is 1. The monoisotopic (exact) mass is 456 g/mol. The van der Waals surface area contributed by atoms with Crippen LogP contribution in [0.25, 0.3) is 0 Å². The van der Waals surface area contributed by atoms with Gasteiger partial charge in [0, 0.05) is 37.8 Å². The van der Waals surface area contributed by atoms with Crippen molar-refractivity contribution >= 4 is 21.9 Å². The molecule has 1 saturated carbocycles. The molecular weight excluding hydrogens is 432 g/mol. The van der Waals surface area contributed by atoms with E-state index in [0.29, 0.717) is 17.0 Å². The number of carbonyl (C=O) groups excluding carboxylic acids is 1. The predicted octanol–water partition coefficient (Wildman–Crippen LogP) is 2.68. The van der Waals surface area contributed by atoms with Crippen molar-refractivity contribution in [3.05, 3.63) is 54.0 Å². The summed E-state index contributed by atoms with van der Waals surface area (Å²) in [6, 6.07) is 8.27. The Labute approximate surface area is 186 Å². The second-order valence-electron chi connectivity index (χ2n) is 8.36. The minimum Gasteiger partial charge on any atom is -0.439 e. The number of rotatable bonds is 7. The van der Waals surface area contributed by atoms with Crippen molar-refractivity contribution in [2.45, 2.75) is 31.1 Å². The number of anilines is 1. The molecule has 1 aliphatic rings. The van der Waals surface area contributed by atoms with Gasteiger partial charge < -0.3 is 10.1 Å². The zero-order valence-electron chi connectivity index (χ0n) is 18.2. The molecule has 1 aromatic carbocycles. The number of ether oxygens (including phenoxy) is 1. The maximum atomic E-state index is 12.7. The molecule has 4 rings (SSSR count). The minimum absolute atomic E-state index is 0.00742. The van der Waals surface area contributed by atoms with Crippen LogP contribution in [0.3, 0.4) is 0 Å². The van der Waals surface area contributed by atoms with E-state index in [0.717, 1.165) is 6.42 Å². The largest absolute Gasteiger partial charge is 0.439 e. The number of nitrogens with one attached hydrogen (secondary N) is 2. The molecule has 0 aliphatic heterocycles. The standard InChI is InChI=1S/C21H24N6O4S/c1-21(2)10-16(21)17-9-18(31-14-7-5-13(6-8-14)19(28)22-3)25-20(24-17)26-32(29,30)15-11-23-27(4)12-15/h5-9,11-12,16H,10H2,1-4H3,(H,22,28)(H,24,25,26). The van der Waals surface area contributed by atoms with Crippen LogP contribution in [0, 0.1) is 5.41 Å². The summed E-state index contributed by atoms with van der Waals surface area (Å²) in [6.45, 7) is 4.24. The average molecular weight is 457 g/mol. The quantitative estimate of drug-likeness (QED) is 0.559. The van der Waals surface area contributed by atoms with Gasteiger partial charge in [0.2, 0.25) is 11.8 Å². The van der Waals surface area contributed by atoms with E-state index in [1.165, 1.54) is 17.1 Å². The molecule has 0 spiro atoms. The van der Waals surface area contributed by atoms with Crippen LogP contribution in [0.15, 0.2) is 47.6 Å². The van der Waals surface area contributed by atoms with Crippen molar-refractivity contribution in [3.63, 3.8) is 0 Å². The summed E-state index contributed by atoms with van der Waals surface area (Å²) in [5.41, 5.74) is 1.26. The van der Waals surface area contributed by atoms with Crippen molar-refractivity contribution in [1.82, 2.24) is 25.1 Å². The second kappa shape index (κ2) is 7.90. The summed E-state index contributed by atoms with van der Waals surface area (Å²) >= 11 is 0. The highest BCUT2D eigenvalue weighted by Crippen LogP contribution is 2.58.